The molecule has 0 atom stereocenters. The van der Waals surface area contributed by atoms with Crippen molar-refractivity contribution >= 4 is 6.09 Å². The highest BCUT2D eigenvalue weighted by atomic mass is 16.5. The summed E-state index contributed by atoms with van der Waals surface area (Å²) in [6.45, 7) is 16.3. The Hall–Kier alpha value is -2.87. The Morgan fingerprint density at radius 3 is 2.19 bits per heavy atom. The molecule has 0 saturated carbocycles. The Morgan fingerprint density at radius 1 is 1.06 bits per heavy atom. The molecule has 1 amide bonds. The van der Waals surface area contributed by atoms with E-state index >= 15 is 0 Å². The van der Waals surface area contributed by atoms with Crippen molar-refractivity contribution in [3.05, 3.63) is 52.3 Å². The standard InChI is InChI=1S/C26H35N3O2/c1-17-9-11-19(12-10-17)23-20(13-14-27)18(2)28-22(15-25(3,4)5)21(23)16-31-24(30)29-26(6,7)8/h9-12H,13,15-16H2,1-8H3,(H,29,30). The Balaban J connectivity index is 2.65. The summed E-state index contributed by atoms with van der Waals surface area (Å²) in [5.74, 6) is 0. The number of benzene rings is 1. The van der Waals surface area contributed by atoms with E-state index in [1.54, 1.807) is 0 Å². The predicted octanol–water partition coefficient (Wildman–Crippen LogP) is 6.04. The van der Waals surface area contributed by atoms with Gasteiger partial charge >= 0.3 is 6.09 Å². The first-order chi connectivity index (χ1) is 14.3. The van der Waals surface area contributed by atoms with Crippen LogP contribution in [0.15, 0.2) is 24.3 Å². The van der Waals surface area contributed by atoms with E-state index < -0.39 is 6.09 Å². The SMILES string of the molecule is Cc1ccc(-c2c(CC#N)c(C)nc(CC(C)(C)C)c2COC(=O)NC(C)(C)C)cc1. The minimum atomic E-state index is -0.466. The van der Waals surface area contributed by atoms with E-state index in [0.29, 0.717) is 0 Å². The van der Waals surface area contributed by atoms with Gasteiger partial charge in [-0.2, -0.15) is 5.26 Å². The fourth-order valence-corrected chi connectivity index (χ4v) is 3.49. The van der Waals surface area contributed by atoms with Crippen molar-refractivity contribution in [2.45, 2.75) is 80.4 Å². The molecule has 166 valence electrons. The Kier molecular flexibility index (Phi) is 7.49. The first kappa shape index (κ1) is 24.4. The number of aryl methyl sites for hydroxylation is 2. The summed E-state index contributed by atoms with van der Waals surface area (Å²) in [5, 5.41) is 12.3. The number of nitrogens with one attached hydrogen (secondary N) is 1. The fourth-order valence-electron chi connectivity index (χ4n) is 3.49. The number of hydrogen-bond acceptors (Lipinski definition) is 4. The van der Waals surface area contributed by atoms with Crippen LogP contribution in [0.5, 0.6) is 0 Å². The molecule has 2 aromatic rings. The van der Waals surface area contributed by atoms with Crippen molar-refractivity contribution in [2.24, 2.45) is 5.41 Å². The summed E-state index contributed by atoms with van der Waals surface area (Å²) in [4.78, 5) is 17.3. The van der Waals surface area contributed by atoms with Gasteiger partial charge in [0.15, 0.2) is 0 Å². The number of alkyl carbamates (subject to hydrolysis) is 1. The van der Waals surface area contributed by atoms with Gasteiger partial charge < -0.3 is 10.1 Å². The van der Waals surface area contributed by atoms with E-state index in [9.17, 15) is 10.1 Å². The lowest BCUT2D eigenvalue weighted by Gasteiger charge is -2.25. The third kappa shape index (κ3) is 7.10. The van der Waals surface area contributed by atoms with Gasteiger partial charge in [-0.15, -0.1) is 0 Å². The van der Waals surface area contributed by atoms with E-state index in [2.05, 4.69) is 56.4 Å². The number of nitrogens with zero attached hydrogens (tertiary/aromatic N) is 2. The van der Waals surface area contributed by atoms with Crippen LogP contribution >= 0.6 is 0 Å². The molecule has 0 aliphatic carbocycles. The molecule has 0 aliphatic rings. The highest BCUT2D eigenvalue weighted by Crippen LogP contribution is 2.35. The molecule has 0 radical (unpaired) electrons. The van der Waals surface area contributed by atoms with Gasteiger partial charge in [-0.05, 0) is 63.1 Å². The molecule has 1 aromatic carbocycles. The topological polar surface area (TPSA) is 75.0 Å². The van der Waals surface area contributed by atoms with Crippen molar-refractivity contribution in [2.75, 3.05) is 0 Å². The monoisotopic (exact) mass is 421 g/mol. The number of ether oxygens (including phenoxy) is 1. The average molecular weight is 422 g/mol. The molecule has 0 bridgehead atoms. The van der Waals surface area contributed by atoms with E-state index in [4.69, 9.17) is 9.72 Å². The van der Waals surface area contributed by atoms with Crippen LogP contribution in [0.4, 0.5) is 4.79 Å². The number of pyridine rings is 1. The van der Waals surface area contributed by atoms with Crippen LogP contribution in [0.25, 0.3) is 11.1 Å². The lowest BCUT2D eigenvalue weighted by Crippen LogP contribution is -2.40. The maximum Gasteiger partial charge on any atom is 0.407 e. The molecule has 5 nitrogen and oxygen atoms in total. The first-order valence-electron chi connectivity index (χ1n) is 10.7. The average Bonchev–Trinajstić information content (AvgIpc) is 2.61. The maximum absolute atomic E-state index is 12.4. The molecule has 31 heavy (non-hydrogen) atoms. The Morgan fingerprint density at radius 2 is 1.68 bits per heavy atom. The lowest BCUT2D eigenvalue weighted by atomic mass is 9.84. The van der Waals surface area contributed by atoms with E-state index in [0.717, 1.165) is 45.6 Å². The molecular weight excluding hydrogens is 386 g/mol. The highest BCUT2D eigenvalue weighted by Gasteiger charge is 2.24. The second-order valence-electron chi connectivity index (χ2n) is 10.4. The van der Waals surface area contributed by atoms with Crippen molar-refractivity contribution in [3.63, 3.8) is 0 Å². The quantitative estimate of drug-likeness (QED) is 0.638. The molecule has 5 heteroatoms. The molecule has 0 unspecified atom stereocenters. The van der Waals surface area contributed by atoms with Crippen molar-refractivity contribution < 1.29 is 9.53 Å². The van der Waals surface area contributed by atoms with Crippen molar-refractivity contribution in [1.29, 1.82) is 5.26 Å². The van der Waals surface area contributed by atoms with Crippen LogP contribution in [-0.2, 0) is 24.2 Å². The molecule has 0 aliphatic heterocycles. The number of aromatic nitrogens is 1. The number of hydrogen-bond donors (Lipinski definition) is 1. The first-order valence-corrected chi connectivity index (χ1v) is 10.7. The van der Waals surface area contributed by atoms with Crippen LogP contribution in [-0.4, -0.2) is 16.6 Å². The zero-order valence-corrected chi connectivity index (χ0v) is 20.1. The van der Waals surface area contributed by atoms with Gasteiger partial charge in [-0.25, -0.2) is 4.79 Å². The summed E-state index contributed by atoms with van der Waals surface area (Å²) >= 11 is 0. The summed E-state index contributed by atoms with van der Waals surface area (Å²) in [5.41, 5.74) is 6.26. The number of nitriles is 1. The smallest absolute Gasteiger partial charge is 0.407 e. The van der Waals surface area contributed by atoms with Crippen LogP contribution in [0.2, 0.25) is 0 Å². The molecule has 1 N–H and O–H groups in total. The third-order valence-corrected chi connectivity index (χ3v) is 4.81. The largest absolute Gasteiger partial charge is 0.445 e. The second kappa shape index (κ2) is 9.51. The second-order valence-corrected chi connectivity index (χ2v) is 10.4. The van der Waals surface area contributed by atoms with Crippen LogP contribution in [0.3, 0.4) is 0 Å². The minimum absolute atomic E-state index is 0.00312. The zero-order chi connectivity index (χ0) is 23.4. The summed E-state index contributed by atoms with van der Waals surface area (Å²) in [6, 6.07) is 10.5. The molecule has 2 rings (SSSR count). The van der Waals surface area contributed by atoms with Gasteiger partial charge in [-0.1, -0.05) is 50.6 Å². The minimum Gasteiger partial charge on any atom is -0.445 e. The number of carbonyl (C=O) groups is 1. The summed E-state index contributed by atoms with van der Waals surface area (Å²) in [6.07, 6.45) is 0.518. The molecular formula is C26H35N3O2. The van der Waals surface area contributed by atoms with E-state index in [1.165, 1.54) is 0 Å². The number of rotatable bonds is 5. The van der Waals surface area contributed by atoms with Gasteiger partial charge in [0, 0.05) is 22.5 Å². The third-order valence-electron chi connectivity index (χ3n) is 4.81. The lowest BCUT2D eigenvalue weighted by molar-refractivity contribution is 0.131. The molecule has 1 heterocycles. The number of amides is 1. The van der Waals surface area contributed by atoms with Gasteiger partial charge in [-0.3, -0.25) is 4.98 Å². The summed E-state index contributed by atoms with van der Waals surface area (Å²) < 4.78 is 5.65. The van der Waals surface area contributed by atoms with Gasteiger partial charge in [0.05, 0.1) is 12.5 Å². The van der Waals surface area contributed by atoms with Crippen molar-refractivity contribution in [3.8, 4) is 17.2 Å². The predicted molar refractivity (Wildman–Crippen MR) is 125 cm³/mol. The Bertz CT molecular complexity index is 972. The van der Waals surface area contributed by atoms with Gasteiger partial charge in [0.2, 0.25) is 0 Å². The van der Waals surface area contributed by atoms with Crippen LogP contribution in [0, 0.1) is 30.6 Å². The summed E-state index contributed by atoms with van der Waals surface area (Å²) in [7, 11) is 0. The maximum atomic E-state index is 12.4. The molecule has 1 aromatic heterocycles. The Labute approximate surface area is 186 Å². The van der Waals surface area contributed by atoms with Crippen molar-refractivity contribution in [1.82, 2.24) is 10.3 Å². The normalized spacial score (nSPS) is 11.7. The molecule has 0 fully saturated rings. The molecule has 0 saturated heterocycles. The number of carbonyl (C=O) groups excluding carboxylic acids is 1. The highest BCUT2D eigenvalue weighted by molar-refractivity contribution is 5.74. The van der Waals surface area contributed by atoms with Crippen LogP contribution in [0.1, 0.15) is 69.6 Å². The zero-order valence-electron chi connectivity index (χ0n) is 20.1. The van der Waals surface area contributed by atoms with Gasteiger partial charge in [0.1, 0.15) is 6.61 Å². The molecule has 0 spiro atoms. The van der Waals surface area contributed by atoms with E-state index in [-0.39, 0.29) is 24.0 Å². The van der Waals surface area contributed by atoms with E-state index in [1.807, 2.05) is 34.6 Å². The van der Waals surface area contributed by atoms with Crippen LogP contribution < -0.4 is 5.32 Å². The fraction of sp³-hybridized carbons (Fsp3) is 0.500. The van der Waals surface area contributed by atoms with Gasteiger partial charge in [0.25, 0.3) is 0 Å².